The summed E-state index contributed by atoms with van der Waals surface area (Å²) in [5.74, 6) is 1.03. The van der Waals surface area contributed by atoms with Crippen LogP contribution in [0.4, 0.5) is 4.79 Å². The van der Waals surface area contributed by atoms with Crippen molar-refractivity contribution >= 4 is 6.03 Å². The van der Waals surface area contributed by atoms with Crippen LogP contribution < -0.4 is 15.4 Å². The summed E-state index contributed by atoms with van der Waals surface area (Å²) in [7, 11) is 0. The number of rotatable bonds is 8. The summed E-state index contributed by atoms with van der Waals surface area (Å²) in [6.45, 7) is 8.88. The number of nitrogens with one attached hydrogen (secondary N) is 2. The molecule has 22 heavy (non-hydrogen) atoms. The van der Waals surface area contributed by atoms with Crippen molar-refractivity contribution in [3.05, 3.63) is 29.8 Å². The number of hydrogen-bond donors (Lipinski definition) is 3. The number of aliphatic hydroxyl groups is 1. The smallest absolute Gasteiger partial charge is 0.315 e. The molecule has 1 aromatic carbocycles. The van der Waals surface area contributed by atoms with Gasteiger partial charge in [0.2, 0.25) is 0 Å². The molecule has 1 rings (SSSR count). The largest absolute Gasteiger partial charge is 0.494 e. The van der Waals surface area contributed by atoms with E-state index >= 15 is 0 Å². The number of ether oxygens (including phenoxy) is 1. The fourth-order valence-corrected chi connectivity index (χ4v) is 2.02. The molecule has 0 saturated carbocycles. The van der Waals surface area contributed by atoms with Crippen molar-refractivity contribution in [2.24, 2.45) is 5.92 Å². The number of urea groups is 1. The molecule has 5 heteroatoms. The Balaban J connectivity index is 2.37. The molecule has 0 bridgehead atoms. The first-order chi connectivity index (χ1) is 10.4. The van der Waals surface area contributed by atoms with Crippen LogP contribution in [0.15, 0.2) is 24.3 Å². The molecule has 1 aromatic rings. The molecule has 5 nitrogen and oxygen atoms in total. The van der Waals surface area contributed by atoms with E-state index < -0.39 is 0 Å². The predicted molar refractivity (Wildman–Crippen MR) is 88.0 cm³/mol. The van der Waals surface area contributed by atoms with Gasteiger partial charge in [-0.1, -0.05) is 26.0 Å². The van der Waals surface area contributed by atoms with Crippen molar-refractivity contribution in [2.45, 2.75) is 46.3 Å². The van der Waals surface area contributed by atoms with Crippen molar-refractivity contribution in [3.8, 4) is 5.75 Å². The molecule has 2 atom stereocenters. The van der Waals surface area contributed by atoms with E-state index in [0.29, 0.717) is 19.6 Å². The van der Waals surface area contributed by atoms with E-state index in [2.05, 4.69) is 10.6 Å². The van der Waals surface area contributed by atoms with Gasteiger partial charge in [0, 0.05) is 6.54 Å². The third-order valence-electron chi connectivity index (χ3n) is 3.53. The quantitative estimate of drug-likeness (QED) is 0.691. The molecular formula is C17H28N2O3. The fourth-order valence-electron chi connectivity index (χ4n) is 2.02. The molecule has 0 radical (unpaired) electrons. The molecule has 2 amide bonds. The zero-order valence-electron chi connectivity index (χ0n) is 13.9. The molecule has 0 aliphatic carbocycles. The lowest BCUT2D eigenvalue weighted by Crippen LogP contribution is -2.38. The summed E-state index contributed by atoms with van der Waals surface area (Å²) in [6.07, 6.45) is 0.173. The van der Waals surface area contributed by atoms with Crippen molar-refractivity contribution in [3.63, 3.8) is 0 Å². The second-order valence-electron chi connectivity index (χ2n) is 5.72. The molecule has 0 fully saturated rings. The van der Waals surface area contributed by atoms with Crippen LogP contribution in [0.1, 0.15) is 45.7 Å². The third kappa shape index (κ3) is 6.35. The number of hydrogen-bond acceptors (Lipinski definition) is 3. The van der Waals surface area contributed by atoms with Crippen LogP contribution in [0.25, 0.3) is 0 Å². The van der Waals surface area contributed by atoms with Gasteiger partial charge in [-0.15, -0.1) is 0 Å². The molecule has 0 saturated heterocycles. The second-order valence-corrected chi connectivity index (χ2v) is 5.72. The summed E-state index contributed by atoms with van der Waals surface area (Å²) in [5.41, 5.74) is 1.01. The summed E-state index contributed by atoms with van der Waals surface area (Å²) < 4.78 is 5.39. The van der Waals surface area contributed by atoms with Gasteiger partial charge in [-0.2, -0.15) is 0 Å². The first kappa shape index (κ1) is 18.3. The Kier molecular flexibility index (Phi) is 7.74. The van der Waals surface area contributed by atoms with Crippen LogP contribution in [0, 0.1) is 5.92 Å². The van der Waals surface area contributed by atoms with Crippen LogP contribution in [-0.4, -0.2) is 30.4 Å². The maximum Gasteiger partial charge on any atom is 0.315 e. The van der Waals surface area contributed by atoms with Crippen LogP contribution in [0.3, 0.4) is 0 Å². The summed E-state index contributed by atoms with van der Waals surface area (Å²) in [6, 6.07) is 7.36. The first-order valence-corrected chi connectivity index (χ1v) is 7.89. The first-order valence-electron chi connectivity index (χ1n) is 7.89. The van der Waals surface area contributed by atoms with Gasteiger partial charge in [0.25, 0.3) is 0 Å². The summed E-state index contributed by atoms with van der Waals surface area (Å²) in [5, 5.41) is 15.3. The monoisotopic (exact) mass is 308 g/mol. The molecule has 0 spiro atoms. The highest BCUT2D eigenvalue weighted by atomic mass is 16.5. The average molecular weight is 308 g/mol. The minimum Gasteiger partial charge on any atom is -0.494 e. The number of carbonyl (C=O) groups excluding carboxylic acids is 1. The highest BCUT2D eigenvalue weighted by molar-refractivity contribution is 5.74. The Morgan fingerprint density at radius 3 is 2.41 bits per heavy atom. The van der Waals surface area contributed by atoms with E-state index in [4.69, 9.17) is 4.74 Å². The fraction of sp³-hybridized carbons (Fsp3) is 0.588. The number of benzene rings is 1. The highest BCUT2D eigenvalue weighted by Gasteiger charge is 2.11. The van der Waals surface area contributed by atoms with E-state index in [9.17, 15) is 9.90 Å². The minimum atomic E-state index is -0.385. The Morgan fingerprint density at radius 2 is 1.86 bits per heavy atom. The maximum absolute atomic E-state index is 11.8. The molecule has 0 aliphatic heterocycles. The molecule has 124 valence electrons. The van der Waals surface area contributed by atoms with Gasteiger partial charge in [-0.3, -0.25) is 0 Å². The van der Waals surface area contributed by atoms with E-state index in [1.807, 2.05) is 52.0 Å². The lowest BCUT2D eigenvalue weighted by Gasteiger charge is -2.17. The Hall–Kier alpha value is -1.75. The Bertz CT molecular complexity index is 446. The minimum absolute atomic E-state index is 0.0919. The standard InChI is InChI=1S/C17H28N2O3/c1-5-22-15-8-6-14(7-9-15)13(4)19-17(21)18-11-10-16(20)12(2)3/h6-9,12-13,16,20H,5,10-11H2,1-4H3,(H2,18,19,21). The lowest BCUT2D eigenvalue weighted by molar-refractivity contribution is 0.116. The summed E-state index contributed by atoms with van der Waals surface area (Å²) in [4.78, 5) is 11.8. The molecule has 0 heterocycles. The Labute approximate surface area is 133 Å². The zero-order valence-corrected chi connectivity index (χ0v) is 13.9. The predicted octanol–water partition coefficient (Wildman–Crippen LogP) is 2.85. The van der Waals surface area contributed by atoms with Crippen molar-refractivity contribution in [2.75, 3.05) is 13.2 Å². The normalized spacial score (nSPS) is 13.5. The van der Waals surface area contributed by atoms with Crippen LogP contribution in [0.2, 0.25) is 0 Å². The van der Waals surface area contributed by atoms with E-state index in [1.165, 1.54) is 0 Å². The van der Waals surface area contributed by atoms with Gasteiger partial charge in [0.1, 0.15) is 5.75 Å². The SMILES string of the molecule is CCOc1ccc(C(C)NC(=O)NCCC(O)C(C)C)cc1. The van der Waals surface area contributed by atoms with Crippen LogP contribution in [0.5, 0.6) is 5.75 Å². The molecule has 3 N–H and O–H groups in total. The number of carbonyl (C=O) groups is 1. The van der Waals surface area contributed by atoms with Crippen molar-refractivity contribution in [1.29, 1.82) is 0 Å². The van der Waals surface area contributed by atoms with Gasteiger partial charge in [-0.25, -0.2) is 4.79 Å². The highest BCUT2D eigenvalue weighted by Crippen LogP contribution is 2.17. The van der Waals surface area contributed by atoms with Gasteiger partial charge >= 0.3 is 6.03 Å². The second kappa shape index (κ2) is 9.30. The molecule has 2 unspecified atom stereocenters. The Morgan fingerprint density at radius 1 is 1.23 bits per heavy atom. The summed E-state index contributed by atoms with van der Waals surface area (Å²) >= 11 is 0. The molecule has 0 aromatic heterocycles. The van der Waals surface area contributed by atoms with Crippen molar-refractivity contribution < 1.29 is 14.6 Å². The maximum atomic E-state index is 11.8. The average Bonchev–Trinajstić information content (AvgIpc) is 2.48. The topological polar surface area (TPSA) is 70.6 Å². The number of aliphatic hydroxyl groups excluding tert-OH is 1. The third-order valence-corrected chi connectivity index (χ3v) is 3.53. The van der Waals surface area contributed by atoms with Crippen molar-refractivity contribution in [1.82, 2.24) is 10.6 Å². The van der Waals surface area contributed by atoms with Crippen LogP contribution >= 0.6 is 0 Å². The lowest BCUT2D eigenvalue weighted by atomic mass is 10.0. The van der Waals surface area contributed by atoms with E-state index in [1.54, 1.807) is 0 Å². The van der Waals surface area contributed by atoms with Gasteiger partial charge in [0.15, 0.2) is 0 Å². The molecule has 0 aliphatic rings. The molecular weight excluding hydrogens is 280 g/mol. The van der Waals surface area contributed by atoms with Gasteiger partial charge in [0.05, 0.1) is 18.8 Å². The van der Waals surface area contributed by atoms with Gasteiger partial charge in [-0.05, 0) is 43.9 Å². The number of amides is 2. The zero-order chi connectivity index (χ0) is 16.5. The van der Waals surface area contributed by atoms with Crippen LogP contribution in [-0.2, 0) is 0 Å². The van der Waals surface area contributed by atoms with Gasteiger partial charge < -0.3 is 20.5 Å². The van der Waals surface area contributed by atoms with E-state index in [0.717, 1.165) is 11.3 Å². The van der Waals surface area contributed by atoms with E-state index in [-0.39, 0.29) is 24.1 Å².